The Hall–Kier alpha value is -1.47. The second-order valence-electron chi connectivity index (χ2n) is 3.78. The second-order valence-corrected chi connectivity index (χ2v) is 4.72. The van der Waals surface area contributed by atoms with Crippen LogP contribution in [0.4, 0.5) is 0 Å². The average molecular weight is 286 g/mol. The predicted octanol–water partition coefficient (Wildman–Crippen LogP) is 1.31. The third kappa shape index (κ3) is 4.96. The fourth-order valence-electron chi connectivity index (χ4n) is 1.39. The van der Waals surface area contributed by atoms with Gasteiger partial charge in [0.2, 0.25) is 5.91 Å². The minimum Gasteiger partial charge on any atom is -0.461 e. The van der Waals surface area contributed by atoms with Crippen molar-refractivity contribution in [1.29, 1.82) is 0 Å². The predicted molar refractivity (Wildman–Crippen MR) is 71.0 cm³/mol. The van der Waals surface area contributed by atoms with E-state index in [9.17, 15) is 9.59 Å². The lowest BCUT2D eigenvalue weighted by atomic mass is 10.4. The van der Waals surface area contributed by atoms with Gasteiger partial charge in [-0.15, -0.1) is 11.3 Å². The van der Waals surface area contributed by atoms with E-state index in [0.29, 0.717) is 31.3 Å². The summed E-state index contributed by atoms with van der Waals surface area (Å²) in [6, 6.07) is 0. The minimum absolute atomic E-state index is 0.0510. The van der Waals surface area contributed by atoms with Gasteiger partial charge in [0.05, 0.1) is 19.8 Å². The molecule has 0 saturated carbocycles. The van der Waals surface area contributed by atoms with Crippen LogP contribution in [0.3, 0.4) is 0 Å². The number of hydrogen-bond donors (Lipinski definition) is 0. The number of carbonyl (C=O) groups excluding carboxylic acids is 2. The number of esters is 1. The second kappa shape index (κ2) is 7.85. The Balaban J connectivity index is 2.64. The molecule has 0 saturated heterocycles. The smallest absolute Gasteiger partial charge is 0.357 e. The van der Waals surface area contributed by atoms with E-state index in [0.717, 1.165) is 0 Å². The van der Waals surface area contributed by atoms with Crippen LogP contribution in [0.2, 0.25) is 0 Å². The van der Waals surface area contributed by atoms with Gasteiger partial charge in [-0.2, -0.15) is 0 Å². The normalized spacial score (nSPS) is 10.3. The van der Waals surface area contributed by atoms with Crippen molar-refractivity contribution >= 4 is 23.2 Å². The molecule has 0 bridgehead atoms. The molecular formula is C12H18N2O4S. The molecule has 1 amide bonds. The molecular weight excluding hydrogens is 268 g/mol. The Labute approximate surface area is 116 Å². The molecule has 0 aliphatic rings. The summed E-state index contributed by atoms with van der Waals surface area (Å²) < 4.78 is 9.81. The third-order valence-corrected chi connectivity index (χ3v) is 3.21. The summed E-state index contributed by atoms with van der Waals surface area (Å²) in [5.41, 5.74) is 0.289. The van der Waals surface area contributed by atoms with Crippen molar-refractivity contribution in [2.45, 2.75) is 20.4 Å². The van der Waals surface area contributed by atoms with Crippen LogP contribution in [0.15, 0.2) is 5.38 Å². The Morgan fingerprint density at radius 2 is 2.21 bits per heavy atom. The van der Waals surface area contributed by atoms with Crippen LogP contribution >= 0.6 is 11.3 Å². The highest BCUT2D eigenvalue weighted by molar-refractivity contribution is 7.09. The zero-order chi connectivity index (χ0) is 14.3. The molecule has 1 aromatic rings. The molecule has 0 aliphatic heterocycles. The highest BCUT2D eigenvalue weighted by atomic mass is 32.1. The van der Waals surface area contributed by atoms with Crippen molar-refractivity contribution in [2.24, 2.45) is 0 Å². The first-order chi connectivity index (χ1) is 9.08. The van der Waals surface area contributed by atoms with E-state index in [1.54, 1.807) is 24.3 Å². The van der Waals surface area contributed by atoms with Crippen LogP contribution in [0, 0.1) is 0 Å². The molecule has 0 unspecified atom stereocenters. The number of thiazole rings is 1. The number of hydrogen-bond acceptors (Lipinski definition) is 6. The summed E-state index contributed by atoms with van der Waals surface area (Å²) in [4.78, 5) is 28.7. The maximum Gasteiger partial charge on any atom is 0.357 e. The molecule has 19 heavy (non-hydrogen) atoms. The van der Waals surface area contributed by atoms with E-state index in [2.05, 4.69) is 4.98 Å². The summed E-state index contributed by atoms with van der Waals surface area (Å²) in [6.45, 7) is 4.90. The molecule has 1 rings (SSSR count). The topological polar surface area (TPSA) is 68.7 Å². The van der Waals surface area contributed by atoms with Gasteiger partial charge in [0, 0.05) is 26.0 Å². The Bertz CT molecular complexity index is 433. The number of aromatic nitrogens is 1. The zero-order valence-corrected chi connectivity index (χ0v) is 12.2. The molecule has 0 radical (unpaired) electrons. The number of amides is 1. The summed E-state index contributed by atoms with van der Waals surface area (Å²) in [5.74, 6) is -0.485. The Morgan fingerprint density at radius 1 is 1.47 bits per heavy atom. The quantitative estimate of drug-likeness (QED) is 0.707. The highest BCUT2D eigenvalue weighted by Gasteiger charge is 2.15. The first-order valence-corrected chi connectivity index (χ1v) is 6.82. The van der Waals surface area contributed by atoms with Gasteiger partial charge >= 0.3 is 5.97 Å². The Morgan fingerprint density at radius 3 is 2.79 bits per heavy atom. The molecule has 0 aromatic carbocycles. The molecule has 7 heteroatoms. The largest absolute Gasteiger partial charge is 0.461 e. The number of carbonyl (C=O) groups is 2. The van der Waals surface area contributed by atoms with Gasteiger partial charge in [-0.05, 0) is 6.92 Å². The van der Waals surface area contributed by atoms with Gasteiger partial charge in [0.15, 0.2) is 5.69 Å². The van der Waals surface area contributed by atoms with Crippen LogP contribution in [-0.2, 0) is 20.8 Å². The van der Waals surface area contributed by atoms with E-state index in [1.165, 1.54) is 18.3 Å². The van der Waals surface area contributed by atoms with Crippen LogP contribution in [0.25, 0.3) is 0 Å². The molecule has 0 spiro atoms. The van der Waals surface area contributed by atoms with Crippen molar-refractivity contribution in [3.8, 4) is 0 Å². The third-order valence-electron chi connectivity index (χ3n) is 2.37. The molecule has 6 nitrogen and oxygen atoms in total. The summed E-state index contributed by atoms with van der Waals surface area (Å²) in [7, 11) is 1.58. The van der Waals surface area contributed by atoms with Gasteiger partial charge in [-0.1, -0.05) is 0 Å². The van der Waals surface area contributed by atoms with Crippen molar-refractivity contribution < 1.29 is 19.1 Å². The van der Waals surface area contributed by atoms with Crippen molar-refractivity contribution in [2.75, 3.05) is 26.9 Å². The van der Waals surface area contributed by atoms with E-state index in [-0.39, 0.29) is 11.6 Å². The van der Waals surface area contributed by atoms with Crippen LogP contribution in [-0.4, -0.2) is 48.6 Å². The lowest BCUT2D eigenvalue weighted by Gasteiger charge is -2.18. The molecule has 106 valence electrons. The van der Waals surface area contributed by atoms with Crippen LogP contribution in [0.5, 0.6) is 0 Å². The number of methoxy groups -OCH3 is 1. The number of rotatable bonds is 7. The molecule has 0 N–H and O–H groups in total. The summed E-state index contributed by atoms with van der Waals surface area (Å²) in [6.07, 6.45) is 0. The van der Waals surface area contributed by atoms with Crippen molar-refractivity contribution in [1.82, 2.24) is 9.88 Å². The number of nitrogens with zero attached hydrogens (tertiary/aromatic N) is 2. The van der Waals surface area contributed by atoms with Gasteiger partial charge in [-0.3, -0.25) is 4.79 Å². The van der Waals surface area contributed by atoms with Gasteiger partial charge in [0.1, 0.15) is 5.01 Å². The van der Waals surface area contributed by atoms with Gasteiger partial charge < -0.3 is 14.4 Å². The Kier molecular flexibility index (Phi) is 6.44. The van der Waals surface area contributed by atoms with E-state index < -0.39 is 5.97 Å². The van der Waals surface area contributed by atoms with Gasteiger partial charge in [-0.25, -0.2) is 9.78 Å². The van der Waals surface area contributed by atoms with Gasteiger partial charge in [0.25, 0.3) is 0 Å². The molecule has 1 heterocycles. The van der Waals surface area contributed by atoms with E-state index in [4.69, 9.17) is 9.47 Å². The summed E-state index contributed by atoms with van der Waals surface area (Å²) in [5, 5.41) is 2.34. The lowest BCUT2D eigenvalue weighted by Crippen LogP contribution is -2.31. The lowest BCUT2D eigenvalue weighted by molar-refractivity contribution is -0.130. The highest BCUT2D eigenvalue weighted by Crippen LogP contribution is 2.13. The number of ether oxygens (including phenoxy) is 2. The monoisotopic (exact) mass is 286 g/mol. The molecule has 0 fully saturated rings. The molecule has 0 aliphatic carbocycles. The molecule has 0 atom stereocenters. The average Bonchev–Trinajstić information content (AvgIpc) is 2.83. The molecule has 1 aromatic heterocycles. The van der Waals surface area contributed by atoms with E-state index >= 15 is 0 Å². The standard InChI is InChI=1S/C12H18N2O4S/c1-4-18-12(16)10-8-19-11(13-10)7-14(9(2)15)5-6-17-3/h8H,4-7H2,1-3H3. The van der Waals surface area contributed by atoms with Crippen LogP contribution in [0.1, 0.15) is 29.3 Å². The zero-order valence-electron chi connectivity index (χ0n) is 11.3. The first kappa shape index (κ1) is 15.6. The fourth-order valence-corrected chi connectivity index (χ4v) is 2.17. The SMILES string of the molecule is CCOC(=O)c1csc(CN(CCOC)C(C)=O)n1. The first-order valence-electron chi connectivity index (χ1n) is 5.94. The van der Waals surface area contributed by atoms with Crippen molar-refractivity contribution in [3.05, 3.63) is 16.1 Å². The fraction of sp³-hybridized carbons (Fsp3) is 0.583. The minimum atomic E-state index is -0.434. The van der Waals surface area contributed by atoms with E-state index in [1.807, 2.05) is 0 Å². The maximum atomic E-state index is 11.5. The maximum absolute atomic E-state index is 11.5. The van der Waals surface area contributed by atoms with Crippen molar-refractivity contribution in [3.63, 3.8) is 0 Å². The van der Waals surface area contributed by atoms with Crippen LogP contribution < -0.4 is 0 Å². The summed E-state index contributed by atoms with van der Waals surface area (Å²) >= 11 is 1.34.